The van der Waals surface area contributed by atoms with Crippen LogP contribution < -0.4 is 5.32 Å². The van der Waals surface area contributed by atoms with Crippen LogP contribution in [0.2, 0.25) is 0 Å². The van der Waals surface area contributed by atoms with Crippen LogP contribution in [-0.4, -0.2) is 6.54 Å². The Kier molecular flexibility index (Phi) is 2.04. The van der Waals surface area contributed by atoms with E-state index in [0.29, 0.717) is 6.04 Å². The summed E-state index contributed by atoms with van der Waals surface area (Å²) in [4.78, 5) is 1.47. The Bertz CT molecular complexity index is 246. The first kappa shape index (κ1) is 7.77. The zero-order valence-electron chi connectivity index (χ0n) is 6.36. The zero-order chi connectivity index (χ0) is 7.84. The second kappa shape index (κ2) is 2.88. The molecule has 0 spiro atoms. The molecule has 0 saturated carbocycles. The van der Waals surface area contributed by atoms with E-state index in [2.05, 4.69) is 34.2 Å². The SMILES string of the molecule is Cc1cc(C2CCN2)sc1Br. The van der Waals surface area contributed by atoms with Crippen molar-refractivity contribution in [2.75, 3.05) is 6.54 Å². The first-order valence-corrected chi connectivity index (χ1v) is 5.37. The van der Waals surface area contributed by atoms with Crippen molar-refractivity contribution in [1.29, 1.82) is 0 Å². The van der Waals surface area contributed by atoms with Crippen LogP contribution in [0.3, 0.4) is 0 Å². The summed E-state index contributed by atoms with van der Waals surface area (Å²) >= 11 is 5.38. The molecule has 1 aromatic rings. The van der Waals surface area contributed by atoms with Crippen LogP contribution in [0.25, 0.3) is 0 Å². The average molecular weight is 232 g/mol. The van der Waals surface area contributed by atoms with E-state index in [1.165, 1.54) is 27.2 Å². The van der Waals surface area contributed by atoms with Crippen molar-refractivity contribution in [2.24, 2.45) is 0 Å². The van der Waals surface area contributed by atoms with Gasteiger partial charge in [0.15, 0.2) is 0 Å². The standard InChI is InChI=1S/C8H10BrNS/c1-5-4-7(11-8(5)9)6-2-3-10-6/h4,6,10H,2-3H2,1H3. The van der Waals surface area contributed by atoms with Gasteiger partial charge in [-0.05, 0) is 47.4 Å². The minimum Gasteiger partial charge on any atom is -0.309 e. The van der Waals surface area contributed by atoms with Crippen molar-refractivity contribution in [3.05, 3.63) is 20.3 Å². The topological polar surface area (TPSA) is 12.0 Å². The molecule has 1 fully saturated rings. The fourth-order valence-corrected chi connectivity index (χ4v) is 2.87. The lowest BCUT2D eigenvalue weighted by atomic mass is 10.1. The molecule has 60 valence electrons. The van der Waals surface area contributed by atoms with Gasteiger partial charge in [-0.15, -0.1) is 11.3 Å². The molecule has 11 heavy (non-hydrogen) atoms. The monoisotopic (exact) mass is 231 g/mol. The molecule has 0 amide bonds. The summed E-state index contributed by atoms with van der Waals surface area (Å²) < 4.78 is 1.28. The Balaban J connectivity index is 2.24. The Morgan fingerprint density at radius 3 is 2.82 bits per heavy atom. The second-order valence-electron chi connectivity index (χ2n) is 2.90. The summed E-state index contributed by atoms with van der Waals surface area (Å²) in [7, 11) is 0. The molecule has 3 heteroatoms. The van der Waals surface area contributed by atoms with Gasteiger partial charge in [-0.1, -0.05) is 0 Å². The second-order valence-corrected chi connectivity index (χ2v) is 5.30. The minimum absolute atomic E-state index is 0.644. The van der Waals surface area contributed by atoms with Crippen LogP contribution >= 0.6 is 27.3 Å². The van der Waals surface area contributed by atoms with Crippen LogP contribution in [0.5, 0.6) is 0 Å². The molecular weight excluding hydrogens is 222 g/mol. The van der Waals surface area contributed by atoms with E-state index in [4.69, 9.17) is 0 Å². The summed E-state index contributed by atoms with van der Waals surface area (Å²) in [5.41, 5.74) is 1.36. The highest BCUT2D eigenvalue weighted by atomic mass is 79.9. The van der Waals surface area contributed by atoms with E-state index >= 15 is 0 Å². The molecule has 2 heterocycles. The lowest BCUT2D eigenvalue weighted by Gasteiger charge is -2.26. The minimum atomic E-state index is 0.644. The number of halogens is 1. The number of thiophene rings is 1. The van der Waals surface area contributed by atoms with Gasteiger partial charge in [0, 0.05) is 10.9 Å². The van der Waals surface area contributed by atoms with E-state index < -0.39 is 0 Å². The van der Waals surface area contributed by atoms with Gasteiger partial charge in [-0.2, -0.15) is 0 Å². The Morgan fingerprint density at radius 2 is 2.45 bits per heavy atom. The summed E-state index contributed by atoms with van der Waals surface area (Å²) in [6.07, 6.45) is 1.30. The van der Waals surface area contributed by atoms with Gasteiger partial charge in [-0.3, -0.25) is 0 Å². The molecule has 0 radical (unpaired) electrons. The van der Waals surface area contributed by atoms with Crippen LogP contribution in [-0.2, 0) is 0 Å². The Morgan fingerprint density at radius 1 is 1.73 bits per heavy atom. The first-order chi connectivity index (χ1) is 5.27. The van der Waals surface area contributed by atoms with Gasteiger partial charge in [0.2, 0.25) is 0 Å². The molecule has 1 aromatic heterocycles. The van der Waals surface area contributed by atoms with Crippen LogP contribution in [0, 0.1) is 6.92 Å². The lowest BCUT2D eigenvalue weighted by Crippen LogP contribution is -2.34. The number of rotatable bonds is 1. The fourth-order valence-electron chi connectivity index (χ4n) is 1.19. The van der Waals surface area contributed by atoms with Crippen molar-refractivity contribution in [3.8, 4) is 0 Å². The maximum Gasteiger partial charge on any atom is 0.0731 e. The molecule has 1 N–H and O–H groups in total. The third kappa shape index (κ3) is 1.37. The summed E-state index contributed by atoms with van der Waals surface area (Å²) in [5, 5.41) is 3.39. The largest absolute Gasteiger partial charge is 0.309 e. The molecular formula is C8H10BrNS. The molecule has 0 aromatic carbocycles. The van der Waals surface area contributed by atoms with Crippen LogP contribution in [0.15, 0.2) is 9.85 Å². The van der Waals surface area contributed by atoms with Gasteiger partial charge in [0.05, 0.1) is 3.79 Å². The number of hydrogen-bond acceptors (Lipinski definition) is 2. The van der Waals surface area contributed by atoms with E-state index in [1.807, 2.05) is 11.3 Å². The predicted molar refractivity (Wildman–Crippen MR) is 52.1 cm³/mol. The van der Waals surface area contributed by atoms with Gasteiger partial charge in [0.25, 0.3) is 0 Å². The molecule has 1 saturated heterocycles. The van der Waals surface area contributed by atoms with Crippen LogP contribution in [0.1, 0.15) is 22.9 Å². The summed E-state index contributed by atoms with van der Waals surface area (Å²) in [5.74, 6) is 0. The molecule has 1 aliphatic rings. The van der Waals surface area contributed by atoms with Gasteiger partial charge >= 0.3 is 0 Å². The van der Waals surface area contributed by atoms with Crippen molar-refractivity contribution < 1.29 is 0 Å². The average Bonchev–Trinajstić information content (AvgIpc) is 2.08. The number of aryl methyl sites for hydroxylation is 1. The highest BCUT2D eigenvalue weighted by molar-refractivity contribution is 9.11. The molecule has 1 aliphatic heterocycles. The van der Waals surface area contributed by atoms with Crippen molar-refractivity contribution in [2.45, 2.75) is 19.4 Å². The third-order valence-corrected chi connectivity index (χ3v) is 4.29. The molecule has 0 bridgehead atoms. The normalized spacial score (nSPS) is 23.3. The summed E-state index contributed by atoms with van der Waals surface area (Å²) in [6, 6.07) is 2.91. The van der Waals surface area contributed by atoms with Gasteiger partial charge < -0.3 is 5.32 Å². The molecule has 1 unspecified atom stereocenters. The lowest BCUT2D eigenvalue weighted by molar-refractivity contribution is 0.389. The van der Waals surface area contributed by atoms with Crippen LogP contribution in [0.4, 0.5) is 0 Å². The smallest absolute Gasteiger partial charge is 0.0731 e. The maximum atomic E-state index is 3.53. The summed E-state index contributed by atoms with van der Waals surface area (Å²) in [6.45, 7) is 3.32. The van der Waals surface area contributed by atoms with Crippen molar-refractivity contribution >= 4 is 27.3 Å². The predicted octanol–water partition coefficient (Wildman–Crippen LogP) is 2.85. The number of hydrogen-bond donors (Lipinski definition) is 1. The fraction of sp³-hybridized carbons (Fsp3) is 0.500. The van der Waals surface area contributed by atoms with Gasteiger partial charge in [-0.25, -0.2) is 0 Å². The quantitative estimate of drug-likeness (QED) is 0.785. The van der Waals surface area contributed by atoms with Crippen molar-refractivity contribution in [3.63, 3.8) is 0 Å². The van der Waals surface area contributed by atoms with Gasteiger partial charge in [0.1, 0.15) is 0 Å². The van der Waals surface area contributed by atoms with Crippen molar-refractivity contribution in [1.82, 2.24) is 5.32 Å². The van der Waals surface area contributed by atoms with E-state index in [-0.39, 0.29) is 0 Å². The van der Waals surface area contributed by atoms with E-state index in [9.17, 15) is 0 Å². The Labute approximate surface area is 78.9 Å². The van der Waals surface area contributed by atoms with E-state index in [0.717, 1.165) is 0 Å². The Hall–Kier alpha value is 0.140. The maximum absolute atomic E-state index is 3.53. The zero-order valence-corrected chi connectivity index (χ0v) is 8.76. The highest BCUT2D eigenvalue weighted by Gasteiger charge is 2.20. The first-order valence-electron chi connectivity index (χ1n) is 3.76. The molecule has 1 atom stereocenters. The highest BCUT2D eigenvalue weighted by Crippen LogP contribution is 2.34. The molecule has 2 rings (SSSR count). The van der Waals surface area contributed by atoms with E-state index in [1.54, 1.807) is 0 Å². The molecule has 1 nitrogen and oxygen atoms in total. The molecule has 0 aliphatic carbocycles. The number of nitrogens with one attached hydrogen (secondary N) is 1. The third-order valence-electron chi connectivity index (χ3n) is 2.04.